The van der Waals surface area contributed by atoms with Crippen molar-refractivity contribution in [1.29, 1.82) is 0 Å². The topological polar surface area (TPSA) is 38.5 Å². The molecule has 0 amide bonds. The maximum Gasteiger partial charge on any atom is 0.145 e. The standard InChI is InChI=1S/C16H26N2O/c1-3-4-5-6-7-10-18-12-13(2)19-16-11-14(17)8-9-15(16)18/h8-9,11,13H,3-7,10,12,17H2,1-2H3. The van der Waals surface area contributed by atoms with Crippen molar-refractivity contribution in [3.8, 4) is 5.75 Å². The molecule has 0 saturated carbocycles. The lowest BCUT2D eigenvalue weighted by atomic mass is 10.1. The van der Waals surface area contributed by atoms with E-state index in [9.17, 15) is 0 Å². The number of unbranched alkanes of at least 4 members (excludes halogenated alkanes) is 4. The fourth-order valence-electron chi connectivity index (χ4n) is 2.67. The summed E-state index contributed by atoms with van der Waals surface area (Å²) in [5, 5.41) is 0. The Labute approximate surface area is 116 Å². The van der Waals surface area contributed by atoms with Crippen LogP contribution in [0, 0.1) is 0 Å². The van der Waals surface area contributed by atoms with Crippen LogP contribution in [0.2, 0.25) is 0 Å². The zero-order valence-corrected chi connectivity index (χ0v) is 12.2. The van der Waals surface area contributed by atoms with Gasteiger partial charge in [0.15, 0.2) is 0 Å². The van der Waals surface area contributed by atoms with Crippen LogP contribution in [0.25, 0.3) is 0 Å². The molecule has 1 aliphatic rings. The summed E-state index contributed by atoms with van der Waals surface area (Å²) in [5.41, 5.74) is 7.80. The monoisotopic (exact) mass is 262 g/mol. The van der Waals surface area contributed by atoms with E-state index in [1.54, 1.807) is 0 Å². The minimum atomic E-state index is 0.241. The van der Waals surface area contributed by atoms with Gasteiger partial charge >= 0.3 is 0 Å². The van der Waals surface area contributed by atoms with Crippen molar-refractivity contribution in [3.05, 3.63) is 18.2 Å². The summed E-state index contributed by atoms with van der Waals surface area (Å²) < 4.78 is 5.87. The van der Waals surface area contributed by atoms with E-state index in [0.717, 1.165) is 24.5 Å². The average Bonchev–Trinajstić information content (AvgIpc) is 2.37. The molecule has 0 aromatic heterocycles. The largest absolute Gasteiger partial charge is 0.487 e. The molecule has 1 unspecified atom stereocenters. The van der Waals surface area contributed by atoms with E-state index >= 15 is 0 Å². The summed E-state index contributed by atoms with van der Waals surface area (Å²) in [4.78, 5) is 2.44. The number of nitrogen functional groups attached to an aromatic ring is 1. The maximum atomic E-state index is 5.87. The molecule has 1 aromatic carbocycles. The molecular weight excluding hydrogens is 236 g/mol. The Hall–Kier alpha value is -1.38. The first kappa shape index (κ1) is 14.0. The van der Waals surface area contributed by atoms with Gasteiger partial charge in [-0.15, -0.1) is 0 Å². The first-order valence-electron chi connectivity index (χ1n) is 7.52. The predicted molar refractivity (Wildman–Crippen MR) is 81.9 cm³/mol. The molecule has 0 radical (unpaired) electrons. The number of nitrogens with zero attached hydrogens (tertiary/aromatic N) is 1. The summed E-state index contributed by atoms with van der Waals surface area (Å²) in [6, 6.07) is 5.99. The fraction of sp³-hybridized carbons (Fsp3) is 0.625. The normalized spacial score (nSPS) is 18.0. The third kappa shape index (κ3) is 3.79. The van der Waals surface area contributed by atoms with E-state index in [1.165, 1.54) is 37.8 Å². The smallest absolute Gasteiger partial charge is 0.145 e. The van der Waals surface area contributed by atoms with Gasteiger partial charge in [0.2, 0.25) is 0 Å². The Morgan fingerprint density at radius 2 is 2.05 bits per heavy atom. The van der Waals surface area contributed by atoms with E-state index in [0.29, 0.717) is 0 Å². The lowest BCUT2D eigenvalue weighted by molar-refractivity contribution is 0.212. The highest BCUT2D eigenvalue weighted by Crippen LogP contribution is 2.35. The third-order valence-electron chi connectivity index (χ3n) is 3.66. The maximum absolute atomic E-state index is 5.87. The van der Waals surface area contributed by atoms with E-state index in [1.807, 2.05) is 12.1 Å². The molecule has 0 fully saturated rings. The quantitative estimate of drug-likeness (QED) is 0.625. The molecule has 0 aliphatic carbocycles. The molecule has 2 rings (SSSR count). The van der Waals surface area contributed by atoms with E-state index in [4.69, 9.17) is 10.5 Å². The van der Waals surface area contributed by atoms with Crippen molar-refractivity contribution in [2.24, 2.45) is 0 Å². The van der Waals surface area contributed by atoms with Crippen molar-refractivity contribution in [3.63, 3.8) is 0 Å². The molecule has 106 valence electrons. The molecule has 3 nitrogen and oxygen atoms in total. The highest BCUT2D eigenvalue weighted by atomic mass is 16.5. The Kier molecular flexibility index (Phi) is 4.94. The number of hydrogen-bond acceptors (Lipinski definition) is 3. The van der Waals surface area contributed by atoms with Gasteiger partial charge in [0.05, 0.1) is 12.2 Å². The van der Waals surface area contributed by atoms with Crippen LogP contribution in [0.3, 0.4) is 0 Å². The van der Waals surface area contributed by atoms with Crippen molar-refractivity contribution in [1.82, 2.24) is 0 Å². The molecule has 19 heavy (non-hydrogen) atoms. The Morgan fingerprint density at radius 1 is 1.26 bits per heavy atom. The van der Waals surface area contributed by atoms with Gasteiger partial charge in [-0.3, -0.25) is 0 Å². The minimum Gasteiger partial charge on any atom is -0.487 e. The Bertz CT molecular complexity index is 406. The molecule has 1 aliphatic heterocycles. The molecule has 0 saturated heterocycles. The van der Waals surface area contributed by atoms with Crippen molar-refractivity contribution < 1.29 is 4.74 Å². The SMILES string of the molecule is CCCCCCCN1CC(C)Oc2cc(N)ccc21. The number of benzene rings is 1. The van der Waals surface area contributed by atoms with Gasteiger partial charge in [-0.1, -0.05) is 32.6 Å². The van der Waals surface area contributed by atoms with Crippen LogP contribution >= 0.6 is 0 Å². The molecule has 0 bridgehead atoms. The average molecular weight is 262 g/mol. The summed E-state index contributed by atoms with van der Waals surface area (Å²) in [7, 11) is 0. The summed E-state index contributed by atoms with van der Waals surface area (Å²) >= 11 is 0. The number of anilines is 2. The van der Waals surface area contributed by atoms with Gasteiger partial charge in [-0.05, 0) is 25.5 Å². The van der Waals surface area contributed by atoms with Crippen LogP contribution in [0.4, 0.5) is 11.4 Å². The lowest BCUT2D eigenvalue weighted by Gasteiger charge is -2.35. The highest BCUT2D eigenvalue weighted by molar-refractivity contribution is 5.65. The molecule has 3 heteroatoms. The molecule has 2 N–H and O–H groups in total. The van der Waals surface area contributed by atoms with Crippen molar-refractivity contribution in [2.75, 3.05) is 23.7 Å². The van der Waals surface area contributed by atoms with Gasteiger partial charge in [-0.25, -0.2) is 0 Å². The fourth-order valence-corrected chi connectivity index (χ4v) is 2.67. The van der Waals surface area contributed by atoms with Crippen LogP contribution in [0.1, 0.15) is 46.0 Å². The zero-order chi connectivity index (χ0) is 13.7. The van der Waals surface area contributed by atoms with Gasteiger partial charge in [0, 0.05) is 18.3 Å². The first-order valence-corrected chi connectivity index (χ1v) is 7.52. The summed E-state index contributed by atoms with van der Waals surface area (Å²) in [6.07, 6.45) is 6.83. The van der Waals surface area contributed by atoms with Crippen LogP contribution in [0.5, 0.6) is 5.75 Å². The zero-order valence-electron chi connectivity index (χ0n) is 12.2. The molecule has 0 spiro atoms. The number of nitrogens with two attached hydrogens (primary N) is 1. The van der Waals surface area contributed by atoms with Gasteiger partial charge in [-0.2, -0.15) is 0 Å². The molecule has 1 heterocycles. The summed E-state index contributed by atoms with van der Waals surface area (Å²) in [6.45, 7) is 6.47. The van der Waals surface area contributed by atoms with E-state index in [2.05, 4.69) is 24.8 Å². The van der Waals surface area contributed by atoms with E-state index < -0.39 is 0 Å². The highest BCUT2D eigenvalue weighted by Gasteiger charge is 2.22. The Balaban J connectivity index is 1.94. The van der Waals surface area contributed by atoms with Gasteiger partial charge < -0.3 is 15.4 Å². The van der Waals surface area contributed by atoms with Gasteiger partial charge in [0.25, 0.3) is 0 Å². The van der Waals surface area contributed by atoms with Crippen molar-refractivity contribution >= 4 is 11.4 Å². The van der Waals surface area contributed by atoms with Crippen LogP contribution in [0.15, 0.2) is 18.2 Å². The number of rotatable bonds is 6. The Morgan fingerprint density at radius 3 is 2.84 bits per heavy atom. The summed E-state index contributed by atoms with van der Waals surface area (Å²) in [5.74, 6) is 0.937. The second-order valence-electron chi connectivity index (χ2n) is 5.52. The molecule has 1 atom stereocenters. The van der Waals surface area contributed by atoms with Crippen molar-refractivity contribution in [2.45, 2.75) is 52.1 Å². The van der Waals surface area contributed by atoms with Crippen LogP contribution < -0.4 is 15.4 Å². The molecule has 1 aromatic rings. The predicted octanol–water partition coefficient (Wildman–Crippen LogP) is 3.83. The lowest BCUT2D eigenvalue weighted by Crippen LogP contribution is -2.39. The van der Waals surface area contributed by atoms with Crippen LogP contribution in [-0.4, -0.2) is 19.2 Å². The second kappa shape index (κ2) is 6.69. The number of fused-ring (bicyclic) bond motifs is 1. The number of hydrogen-bond donors (Lipinski definition) is 1. The second-order valence-corrected chi connectivity index (χ2v) is 5.52. The number of ether oxygens (including phenoxy) is 1. The van der Waals surface area contributed by atoms with Gasteiger partial charge in [0.1, 0.15) is 11.9 Å². The van der Waals surface area contributed by atoms with Crippen LogP contribution in [-0.2, 0) is 0 Å². The van der Waals surface area contributed by atoms with E-state index in [-0.39, 0.29) is 6.10 Å². The first-order chi connectivity index (χ1) is 9.20. The third-order valence-corrected chi connectivity index (χ3v) is 3.66. The molecular formula is C16H26N2O. The minimum absolute atomic E-state index is 0.241.